The van der Waals surface area contributed by atoms with Gasteiger partial charge < -0.3 is 19.5 Å². The molecule has 172 valence electrons. The van der Waals surface area contributed by atoms with Gasteiger partial charge in [0.05, 0.1) is 31.8 Å². The van der Waals surface area contributed by atoms with Gasteiger partial charge in [-0.2, -0.15) is 10.2 Å². The molecular formula is C21H29N7O4. The molecule has 4 rings (SSSR count). The van der Waals surface area contributed by atoms with Gasteiger partial charge >= 0.3 is 5.97 Å². The van der Waals surface area contributed by atoms with Gasteiger partial charge in [-0.25, -0.2) is 19.4 Å². The molecule has 1 fully saturated rings. The maximum Gasteiger partial charge on any atom is 0.338 e. The van der Waals surface area contributed by atoms with Crippen LogP contribution < -0.4 is 5.32 Å². The largest absolute Gasteiger partial charge is 0.467 e. The highest BCUT2D eigenvalue weighted by atomic mass is 16.6. The number of hydrogen-bond acceptors (Lipinski definition) is 9. The summed E-state index contributed by atoms with van der Waals surface area (Å²) < 4.78 is 17.6. The Bertz CT molecular complexity index is 1090. The lowest BCUT2D eigenvalue weighted by atomic mass is 9.78. The number of nitrogens with zero attached hydrogens (tertiary/aromatic N) is 5. The van der Waals surface area contributed by atoms with Gasteiger partial charge in [-0.15, -0.1) is 0 Å². The molecule has 0 amide bonds. The van der Waals surface area contributed by atoms with E-state index in [0.717, 1.165) is 16.7 Å². The Morgan fingerprint density at radius 2 is 2.06 bits per heavy atom. The fourth-order valence-electron chi connectivity index (χ4n) is 4.21. The summed E-state index contributed by atoms with van der Waals surface area (Å²) in [6.07, 6.45) is 4.27. The van der Waals surface area contributed by atoms with E-state index in [1.807, 2.05) is 17.7 Å². The molecule has 3 aromatic rings. The van der Waals surface area contributed by atoms with Gasteiger partial charge in [0.25, 0.3) is 0 Å². The second kappa shape index (κ2) is 9.21. The molecule has 0 radical (unpaired) electrons. The Balaban J connectivity index is 1.67. The van der Waals surface area contributed by atoms with Gasteiger partial charge in [-0.1, -0.05) is 0 Å². The number of rotatable bonds is 8. The Kier molecular flexibility index (Phi) is 6.38. The number of fused-ring (bicyclic) bond motifs is 1. The Labute approximate surface area is 185 Å². The number of carbonyl (C=O) groups is 1. The second-order valence-corrected chi connectivity index (χ2v) is 8.05. The summed E-state index contributed by atoms with van der Waals surface area (Å²) >= 11 is 0. The first kappa shape index (κ1) is 22.2. The Morgan fingerprint density at radius 1 is 1.28 bits per heavy atom. The summed E-state index contributed by atoms with van der Waals surface area (Å²) in [6, 6.07) is 1.91. The number of carbonyl (C=O) groups excluding carboxylic acids is 1. The third-order valence-corrected chi connectivity index (χ3v) is 6.08. The molecule has 11 nitrogen and oxygen atoms in total. The molecule has 3 aromatic heterocycles. The number of aryl methyl sites for hydroxylation is 1. The van der Waals surface area contributed by atoms with Crippen molar-refractivity contribution in [2.75, 3.05) is 33.3 Å². The molecule has 0 aromatic carbocycles. The molecule has 1 aliphatic rings. The number of esters is 1. The fraction of sp³-hybridized carbons (Fsp3) is 0.571. The van der Waals surface area contributed by atoms with E-state index in [2.05, 4.69) is 20.6 Å². The average Bonchev–Trinajstić information content (AvgIpc) is 3.42. The highest BCUT2D eigenvalue weighted by Gasteiger charge is 2.44. The van der Waals surface area contributed by atoms with Crippen molar-refractivity contribution in [3.05, 3.63) is 23.8 Å². The fourth-order valence-corrected chi connectivity index (χ4v) is 4.21. The zero-order valence-electron chi connectivity index (χ0n) is 18.8. The second-order valence-electron chi connectivity index (χ2n) is 8.05. The normalized spacial score (nSPS) is 21.1. The van der Waals surface area contributed by atoms with E-state index in [9.17, 15) is 4.79 Å². The number of ether oxygens (including phenoxy) is 3. The van der Waals surface area contributed by atoms with Crippen LogP contribution in [0.3, 0.4) is 0 Å². The van der Waals surface area contributed by atoms with Crippen LogP contribution in [0.4, 0.5) is 11.6 Å². The summed E-state index contributed by atoms with van der Waals surface area (Å²) in [4.78, 5) is 22.0. The van der Waals surface area contributed by atoms with Crippen molar-refractivity contribution in [2.24, 2.45) is 0 Å². The highest BCUT2D eigenvalue weighted by molar-refractivity contribution is 5.88. The first-order valence-corrected chi connectivity index (χ1v) is 10.6. The van der Waals surface area contributed by atoms with Crippen LogP contribution in [0.1, 0.15) is 43.1 Å². The molecule has 0 spiro atoms. The van der Waals surface area contributed by atoms with E-state index in [-0.39, 0.29) is 11.9 Å². The molecule has 2 N–H and O–H groups in total. The maximum absolute atomic E-state index is 12.3. The molecule has 0 aliphatic heterocycles. The summed E-state index contributed by atoms with van der Waals surface area (Å²) in [5, 5.41) is 15.8. The van der Waals surface area contributed by atoms with E-state index in [1.165, 1.54) is 7.11 Å². The number of hydrogen-bond donors (Lipinski definition) is 2. The number of H-pyrrole nitrogens is 1. The predicted molar refractivity (Wildman–Crippen MR) is 117 cm³/mol. The minimum atomic E-state index is -0.900. The number of methoxy groups -OCH3 is 3. The summed E-state index contributed by atoms with van der Waals surface area (Å²) in [5.41, 5.74) is 0.779. The van der Waals surface area contributed by atoms with Crippen LogP contribution in [-0.2, 0) is 25.5 Å². The minimum absolute atomic E-state index is 0.0829. The summed E-state index contributed by atoms with van der Waals surface area (Å²) in [6.45, 7) is 3.04. The molecule has 0 saturated heterocycles. The molecule has 3 heterocycles. The van der Waals surface area contributed by atoms with E-state index in [1.54, 1.807) is 20.4 Å². The van der Waals surface area contributed by atoms with Gasteiger partial charge in [0.15, 0.2) is 17.1 Å². The molecule has 1 aliphatic carbocycles. The monoisotopic (exact) mass is 443 g/mol. The zero-order valence-corrected chi connectivity index (χ0v) is 18.8. The van der Waals surface area contributed by atoms with E-state index >= 15 is 0 Å². The molecular weight excluding hydrogens is 414 g/mol. The molecule has 32 heavy (non-hydrogen) atoms. The number of aromatic amines is 1. The van der Waals surface area contributed by atoms with Crippen LogP contribution in [0.15, 0.2) is 12.3 Å². The van der Waals surface area contributed by atoms with Crippen molar-refractivity contribution >= 4 is 28.6 Å². The lowest BCUT2D eigenvalue weighted by Crippen LogP contribution is -2.44. The van der Waals surface area contributed by atoms with Crippen LogP contribution in [0.2, 0.25) is 0 Å². The summed E-state index contributed by atoms with van der Waals surface area (Å²) in [5.74, 6) is 1.78. The first-order chi connectivity index (χ1) is 15.5. The zero-order chi connectivity index (χ0) is 22.7. The Morgan fingerprint density at radius 3 is 2.69 bits per heavy atom. The average molecular weight is 444 g/mol. The molecule has 11 heteroatoms. The van der Waals surface area contributed by atoms with Gasteiger partial charge in [0.2, 0.25) is 0 Å². The SMILES string of the molecule is COCCn1ncc2c(Nc3cc(C)[nH]n3)nc(C3CCC(OC)(C(=O)OC)CC3)nc21. The van der Waals surface area contributed by atoms with Crippen LogP contribution in [0.5, 0.6) is 0 Å². The van der Waals surface area contributed by atoms with Crippen LogP contribution >= 0.6 is 0 Å². The molecule has 0 atom stereocenters. The highest BCUT2D eigenvalue weighted by Crippen LogP contribution is 2.40. The van der Waals surface area contributed by atoms with Crippen molar-refractivity contribution in [2.45, 2.75) is 50.7 Å². The minimum Gasteiger partial charge on any atom is -0.467 e. The number of anilines is 2. The van der Waals surface area contributed by atoms with Crippen molar-refractivity contribution in [1.29, 1.82) is 0 Å². The van der Waals surface area contributed by atoms with Crippen molar-refractivity contribution < 1.29 is 19.0 Å². The van der Waals surface area contributed by atoms with Crippen LogP contribution in [-0.4, -0.2) is 69.5 Å². The third kappa shape index (κ3) is 4.17. The lowest BCUT2D eigenvalue weighted by Gasteiger charge is -2.36. The smallest absolute Gasteiger partial charge is 0.338 e. The third-order valence-electron chi connectivity index (χ3n) is 6.08. The maximum atomic E-state index is 12.3. The predicted octanol–water partition coefficient (Wildman–Crippen LogP) is 2.46. The van der Waals surface area contributed by atoms with E-state index in [4.69, 9.17) is 24.2 Å². The Hall–Kier alpha value is -3.05. The van der Waals surface area contributed by atoms with Crippen molar-refractivity contribution in [3.63, 3.8) is 0 Å². The number of nitrogens with one attached hydrogen (secondary N) is 2. The van der Waals surface area contributed by atoms with Gasteiger partial charge in [0, 0.05) is 31.9 Å². The standard InChI is InChI=1S/C21H29N7O4/c1-13-11-16(27-26-13)23-18-15-12-22-28(9-10-30-2)19(15)25-17(24-18)14-5-7-21(32-4,8-6-14)20(29)31-3/h11-12,14H,5-10H2,1-4H3,(H2,23,24,25,26,27). The summed E-state index contributed by atoms with van der Waals surface area (Å²) in [7, 11) is 4.61. The first-order valence-electron chi connectivity index (χ1n) is 10.6. The topological polar surface area (TPSA) is 129 Å². The number of aromatic nitrogens is 6. The molecule has 1 saturated carbocycles. The molecule has 0 bridgehead atoms. The van der Waals surface area contributed by atoms with E-state index in [0.29, 0.717) is 56.3 Å². The lowest BCUT2D eigenvalue weighted by molar-refractivity contribution is -0.170. The van der Waals surface area contributed by atoms with Gasteiger partial charge in [-0.05, 0) is 32.6 Å². The van der Waals surface area contributed by atoms with Gasteiger partial charge in [-0.3, -0.25) is 5.10 Å². The van der Waals surface area contributed by atoms with Crippen LogP contribution in [0.25, 0.3) is 11.0 Å². The van der Waals surface area contributed by atoms with Gasteiger partial charge in [0.1, 0.15) is 11.6 Å². The van der Waals surface area contributed by atoms with E-state index < -0.39 is 5.60 Å². The quantitative estimate of drug-likeness (QED) is 0.504. The molecule has 0 unspecified atom stereocenters. The van der Waals surface area contributed by atoms with Crippen molar-refractivity contribution in [3.8, 4) is 0 Å². The van der Waals surface area contributed by atoms with Crippen molar-refractivity contribution in [1.82, 2.24) is 29.9 Å². The van der Waals surface area contributed by atoms with Crippen LogP contribution in [0, 0.1) is 6.92 Å².